The molecule has 2 aromatic heterocycles. The van der Waals surface area contributed by atoms with Gasteiger partial charge in [0.25, 0.3) is 0 Å². The van der Waals surface area contributed by atoms with Crippen molar-refractivity contribution in [2.75, 3.05) is 6.61 Å². The van der Waals surface area contributed by atoms with Gasteiger partial charge in [-0.15, -0.1) is 0 Å². The van der Waals surface area contributed by atoms with Crippen LogP contribution in [-0.4, -0.2) is 33.6 Å². The van der Waals surface area contributed by atoms with Gasteiger partial charge in [-0.2, -0.15) is 0 Å². The number of esters is 1. The van der Waals surface area contributed by atoms with E-state index in [9.17, 15) is 9.59 Å². The first kappa shape index (κ1) is 15.6. The van der Waals surface area contributed by atoms with Crippen molar-refractivity contribution in [2.24, 2.45) is 0 Å². The molecule has 3 N–H and O–H groups in total. The summed E-state index contributed by atoms with van der Waals surface area (Å²) in [6.45, 7) is 5.90. The lowest BCUT2D eigenvalue weighted by molar-refractivity contribution is 0.0519. The molecule has 2 heterocycles. The summed E-state index contributed by atoms with van der Waals surface area (Å²) < 4.78 is 4.77. The number of carbonyl (C=O) groups is 2. The molecule has 0 unspecified atom stereocenters. The number of hydrogen-bond acceptors (Lipinski definition) is 3. The second kappa shape index (κ2) is 7.18. The molecule has 0 spiro atoms. The number of carboxylic acids is 1. The van der Waals surface area contributed by atoms with Crippen LogP contribution in [0.3, 0.4) is 0 Å². The second-order valence-corrected chi connectivity index (χ2v) is 4.14. The van der Waals surface area contributed by atoms with Crippen LogP contribution >= 0.6 is 0 Å². The fourth-order valence-corrected chi connectivity index (χ4v) is 1.46. The monoisotopic (exact) mass is 278 g/mol. The zero-order chi connectivity index (χ0) is 15.1. The van der Waals surface area contributed by atoms with E-state index in [2.05, 4.69) is 9.97 Å². The zero-order valence-corrected chi connectivity index (χ0v) is 11.7. The maximum Gasteiger partial charge on any atom is 0.354 e. The second-order valence-electron chi connectivity index (χ2n) is 4.14. The van der Waals surface area contributed by atoms with E-state index in [4.69, 9.17) is 9.84 Å². The number of aromatic nitrogens is 2. The molecule has 108 valence electrons. The Labute approximate surface area is 116 Å². The molecule has 0 radical (unpaired) electrons. The minimum Gasteiger partial charge on any atom is -0.477 e. The summed E-state index contributed by atoms with van der Waals surface area (Å²) in [7, 11) is 0. The van der Waals surface area contributed by atoms with Gasteiger partial charge in [-0.25, -0.2) is 9.59 Å². The molecule has 2 aromatic rings. The molecule has 2 rings (SSSR count). The largest absolute Gasteiger partial charge is 0.477 e. The fraction of sp³-hybridized carbons (Fsp3) is 0.286. The molecular formula is C14H18N2O4. The summed E-state index contributed by atoms with van der Waals surface area (Å²) in [5.74, 6) is -1.20. The van der Waals surface area contributed by atoms with Crippen molar-refractivity contribution >= 4 is 11.9 Å². The van der Waals surface area contributed by atoms with Gasteiger partial charge in [0.05, 0.1) is 6.61 Å². The minimum atomic E-state index is -0.914. The average molecular weight is 278 g/mol. The highest BCUT2D eigenvalue weighted by molar-refractivity contribution is 5.87. The van der Waals surface area contributed by atoms with Gasteiger partial charge in [-0.05, 0) is 45.0 Å². The molecule has 6 heteroatoms. The molecule has 20 heavy (non-hydrogen) atoms. The third-order valence-corrected chi connectivity index (χ3v) is 2.39. The van der Waals surface area contributed by atoms with Gasteiger partial charge in [-0.3, -0.25) is 0 Å². The summed E-state index contributed by atoms with van der Waals surface area (Å²) in [4.78, 5) is 26.7. The van der Waals surface area contributed by atoms with Crippen LogP contribution in [0.25, 0.3) is 0 Å². The van der Waals surface area contributed by atoms with Crippen molar-refractivity contribution in [1.82, 2.24) is 9.97 Å². The van der Waals surface area contributed by atoms with Crippen LogP contribution in [-0.2, 0) is 4.74 Å². The molecule has 0 atom stereocenters. The van der Waals surface area contributed by atoms with E-state index >= 15 is 0 Å². The van der Waals surface area contributed by atoms with Gasteiger partial charge in [0, 0.05) is 11.4 Å². The van der Waals surface area contributed by atoms with Crippen molar-refractivity contribution in [1.29, 1.82) is 0 Å². The van der Waals surface area contributed by atoms with Gasteiger partial charge in [0.15, 0.2) is 0 Å². The number of aryl methyl sites for hydroxylation is 2. The van der Waals surface area contributed by atoms with Gasteiger partial charge in [-0.1, -0.05) is 0 Å². The van der Waals surface area contributed by atoms with Gasteiger partial charge >= 0.3 is 11.9 Å². The maximum absolute atomic E-state index is 11.0. The number of H-pyrrole nitrogens is 2. The first-order valence-corrected chi connectivity index (χ1v) is 6.15. The molecular weight excluding hydrogens is 260 g/mol. The number of hydrogen-bond donors (Lipinski definition) is 3. The lowest BCUT2D eigenvalue weighted by atomic mass is 10.4. The smallest absolute Gasteiger partial charge is 0.354 e. The van der Waals surface area contributed by atoms with Crippen LogP contribution in [0.15, 0.2) is 24.3 Å². The van der Waals surface area contributed by atoms with Gasteiger partial charge < -0.3 is 19.8 Å². The Hall–Kier alpha value is -2.50. The van der Waals surface area contributed by atoms with Crippen molar-refractivity contribution in [2.45, 2.75) is 20.8 Å². The first-order chi connectivity index (χ1) is 9.43. The number of aromatic carboxylic acids is 1. The molecule has 0 bridgehead atoms. The Morgan fingerprint density at radius 1 is 1.05 bits per heavy atom. The summed E-state index contributed by atoms with van der Waals surface area (Å²) in [6.07, 6.45) is 0. The van der Waals surface area contributed by atoms with Crippen molar-refractivity contribution in [3.63, 3.8) is 0 Å². The number of aromatic amines is 2. The van der Waals surface area contributed by atoms with E-state index in [1.807, 2.05) is 19.9 Å². The molecule has 0 amide bonds. The third kappa shape index (κ3) is 4.64. The highest BCUT2D eigenvalue weighted by Gasteiger charge is 2.06. The Bertz CT molecular complexity index is 584. The Morgan fingerprint density at radius 2 is 1.55 bits per heavy atom. The Balaban J connectivity index is 0.000000204. The van der Waals surface area contributed by atoms with Crippen LogP contribution in [0, 0.1) is 13.8 Å². The highest BCUT2D eigenvalue weighted by atomic mass is 16.5. The predicted octanol–water partition coefficient (Wildman–Crippen LogP) is 2.52. The maximum atomic E-state index is 11.0. The molecule has 0 saturated carbocycles. The van der Waals surface area contributed by atoms with Crippen molar-refractivity contribution < 1.29 is 19.4 Å². The fourth-order valence-electron chi connectivity index (χ4n) is 1.46. The zero-order valence-electron chi connectivity index (χ0n) is 11.7. The van der Waals surface area contributed by atoms with E-state index in [-0.39, 0.29) is 11.7 Å². The molecule has 6 nitrogen and oxygen atoms in total. The topological polar surface area (TPSA) is 95.2 Å². The van der Waals surface area contributed by atoms with Gasteiger partial charge in [0.2, 0.25) is 0 Å². The van der Waals surface area contributed by atoms with Crippen LogP contribution in [0.2, 0.25) is 0 Å². The number of rotatable bonds is 3. The van der Waals surface area contributed by atoms with Crippen LogP contribution < -0.4 is 0 Å². The number of nitrogens with one attached hydrogen (secondary N) is 2. The average Bonchev–Trinajstić information content (AvgIpc) is 2.99. The quantitative estimate of drug-likeness (QED) is 0.752. The van der Waals surface area contributed by atoms with Crippen molar-refractivity contribution in [3.8, 4) is 0 Å². The van der Waals surface area contributed by atoms with E-state index in [0.717, 1.165) is 11.4 Å². The number of carbonyl (C=O) groups excluding carboxylic acids is 1. The van der Waals surface area contributed by atoms with Crippen LogP contribution in [0.4, 0.5) is 0 Å². The third-order valence-electron chi connectivity index (χ3n) is 2.39. The lowest BCUT2D eigenvalue weighted by Crippen LogP contribution is -2.04. The Kier molecular flexibility index (Phi) is 5.58. The van der Waals surface area contributed by atoms with Gasteiger partial charge in [0.1, 0.15) is 11.4 Å². The van der Waals surface area contributed by atoms with Crippen molar-refractivity contribution in [3.05, 3.63) is 47.0 Å². The van der Waals surface area contributed by atoms with E-state index in [1.54, 1.807) is 19.1 Å². The normalized spacial score (nSPS) is 9.55. The summed E-state index contributed by atoms with van der Waals surface area (Å²) >= 11 is 0. The molecule has 0 aliphatic rings. The lowest BCUT2D eigenvalue weighted by Gasteiger charge is -1.96. The summed E-state index contributed by atoms with van der Waals surface area (Å²) in [6, 6.07) is 6.82. The molecule has 0 saturated heterocycles. The Morgan fingerprint density at radius 3 is 1.85 bits per heavy atom. The molecule has 0 fully saturated rings. The number of ether oxygens (including phenoxy) is 1. The molecule has 0 aliphatic heterocycles. The van der Waals surface area contributed by atoms with E-state index in [0.29, 0.717) is 12.3 Å². The van der Waals surface area contributed by atoms with E-state index < -0.39 is 5.97 Å². The summed E-state index contributed by atoms with van der Waals surface area (Å²) in [5.41, 5.74) is 2.59. The standard InChI is InChI=1S/C8H11NO2.C6H7NO2/c1-3-11-8(10)7-5-4-6(2)9-7;1-4-2-3-5(7-4)6(8)9/h4-5,9H,3H2,1-2H3;2-3,7H,1H3,(H,8,9). The number of carboxylic acid groups (broad SMARTS) is 1. The molecule has 0 aromatic carbocycles. The van der Waals surface area contributed by atoms with E-state index in [1.165, 1.54) is 6.07 Å². The SMILES string of the molecule is CCOC(=O)c1ccc(C)[nH]1.Cc1ccc(C(=O)O)[nH]1. The first-order valence-electron chi connectivity index (χ1n) is 6.15. The highest BCUT2D eigenvalue weighted by Crippen LogP contribution is 2.01. The summed E-state index contributed by atoms with van der Waals surface area (Å²) in [5, 5.41) is 8.37. The molecule has 0 aliphatic carbocycles. The van der Waals surface area contributed by atoms with Crippen LogP contribution in [0.5, 0.6) is 0 Å². The predicted molar refractivity (Wildman–Crippen MR) is 74.0 cm³/mol. The van der Waals surface area contributed by atoms with Crippen LogP contribution in [0.1, 0.15) is 39.3 Å². The minimum absolute atomic E-state index is 0.243.